The van der Waals surface area contributed by atoms with Crippen LogP contribution in [0.2, 0.25) is 15.1 Å². The van der Waals surface area contributed by atoms with E-state index in [4.69, 9.17) is 39.3 Å². The third kappa shape index (κ3) is 5.51. The lowest BCUT2D eigenvalue weighted by molar-refractivity contribution is 0.0976. The quantitative estimate of drug-likeness (QED) is 0.215. The number of hydrogen-bond acceptors (Lipinski definition) is 6. The molecule has 0 radical (unpaired) electrons. The molecule has 2 N–H and O–H groups in total. The number of anilines is 1. The number of guanidine groups is 1. The molecule has 0 spiro atoms. The predicted octanol–water partition coefficient (Wildman–Crippen LogP) is 6.86. The van der Waals surface area contributed by atoms with Gasteiger partial charge in [-0.05, 0) is 63.6 Å². The third-order valence-electron chi connectivity index (χ3n) is 5.22. The summed E-state index contributed by atoms with van der Waals surface area (Å²) in [5, 5.41) is 11.2. The number of aromatic nitrogens is 3. The van der Waals surface area contributed by atoms with Gasteiger partial charge in [-0.15, -0.1) is 0 Å². The average molecular weight is 544 g/mol. The molecule has 0 saturated heterocycles. The molecule has 2 heterocycles. The molecule has 184 valence electrons. The lowest BCUT2D eigenvalue weighted by Gasteiger charge is -2.14. The van der Waals surface area contributed by atoms with Gasteiger partial charge in [0.15, 0.2) is 0 Å². The van der Waals surface area contributed by atoms with Crippen molar-refractivity contribution in [3.05, 3.63) is 85.8 Å². The first kappa shape index (κ1) is 25.6. The van der Waals surface area contributed by atoms with Gasteiger partial charge in [0.1, 0.15) is 17.0 Å². The number of benzene rings is 2. The number of amides is 1. The van der Waals surface area contributed by atoms with E-state index in [1.54, 1.807) is 37.3 Å². The summed E-state index contributed by atoms with van der Waals surface area (Å²) in [6, 6.07) is 12.2. The zero-order chi connectivity index (χ0) is 26.0. The van der Waals surface area contributed by atoms with Crippen LogP contribution < -0.4 is 10.6 Å². The van der Waals surface area contributed by atoms with E-state index in [0.717, 1.165) is 17.0 Å². The van der Waals surface area contributed by atoms with E-state index in [1.165, 1.54) is 0 Å². The van der Waals surface area contributed by atoms with E-state index < -0.39 is 5.91 Å². The summed E-state index contributed by atoms with van der Waals surface area (Å²) >= 11 is 19.0. The smallest absolute Gasteiger partial charge is 0.263 e. The molecule has 0 atom stereocenters. The maximum atomic E-state index is 13.5. The molecule has 8 nitrogen and oxygen atoms in total. The van der Waals surface area contributed by atoms with Gasteiger partial charge in [0.05, 0.1) is 10.0 Å². The van der Waals surface area contributed by atoms with E-state index in [1.807, 2.05) is 32.9 Å². The summed E-state index contributed by atoms with van der Waals surface area (Å²) in [5.74, 6) is -0.0203. The third-order valence-corrected chi connectivity index (χ3v) is 6.26. The molecule has 0 bridgehead atoms. The SMILES string of the molecule is Cc1cc(C)nc(/N=C(/NC(=O)c2c(-c3c(Cl)cccc3Cl)noc2C)Nc2cccc(Cl)c2C)n1. The first-order chi connectivity index (χ1) is 17.1. The fourth-order valence-electron chi connectivity index (χ4n) is 3.52. The van der Waals surface area contributed by atoms with Crippen LogP contribution in [0.3, 0.4) is 0 Å². The van der Waals surface area contributed by atoms with Gasteiger partial charge in [0.25, 0.3) is 11.9 Å². The molecule has 11 heteroatoms. The zero-order valence-electron chi connectivity index (χ0n) is 19.8. The van der Waals surface area contributed by atoms with Gasteiger partial charge in [-0.3, -0.25) is 10.1 Å². The molecule has 0 aliphatic heterocycles. The number of carbonyl (C=O) groups is 1. The number of halogens is 3. The lowest BCUT2D eigenvalue weighted by atomic mass is 10.1. The van der Waals surface area contributed by atoms with Crippen molar-refractivity contribution in [3.8, 4) is 11.3 Å². The van der Waals surface area contributed by atoms with Gasteiger partial charge in [-0.1, -0.05) is 52.1 Å². The maximum Gasteiger partial charge on any atom is 0.263 e. The molecule has 0 saturated carbocycles. The second-order valence-electron chi connectivity index (χ2n) is 7.96. The van der Waals surface area contributed by atoms with Gasteiger partial charge in [0.2, 0.25) is 5.96 Å². The van der Waals surface area contributed by atoms with Crippen LogP contribution in [0, 0.1) is 27.7 Å². The molecule has 0 aliphatic rings. The molecule has 2 aromatic heterocycles. The molecule has 36 heavy (non-hydrogen) atoms. The average Bonchev–Trinajstić information content (AvgIpc) is 3.17. The van der Waals surface area contributed by atoms with Crippen LogP contribution in [-0.4, -0.2) is 27.0 Å². The van der Waals surface area contributed by atoms with Crippen molar-refractivity contribution in [2.24, 2.45) is 4.99 Å². The molecule has 0 unspecified atom stereocenters. The minimum absolute atomic E-state index is 0.0761. The Bertz CT molecular complexity index is 1460. The van der Waals surface area contributed by atoms with Crippen LogP contribution in [0.1, 0.15) is 33.1 Å². The Balaban J connectivity index is 1.77. The number of aryl methyl sites for hydroxylation is 3. The number of nitrogens with one attached hydrogen (secondary N) is 2. The second kappa shape index (κ2) is 10.7. The molecule has 4 aromatic rings. The topological polar surface area (TPSA) is 105 Å². The zero-order valence-corrected chi connectivity index (χ0v) is 22.0. The number of carbonyl (C=O) groups excluding carboxylic acids is 1. The molecule has 0 fully saturated rings. The van der Waals surface area contributed by atoms with E-state index in [-0.39, 0.29) is 28.9 Å². The number of aliphatic imine (C=N–C) groups is 1. The highest BCUT2D eigenvalue weighted by Crippen LogP contribution is 2.36. The number of nitrogens with zero attached hydrogens (tertiary/aromatic N) is 4. The fourth-order valence-corrected chi connectivity index (χ4v) is 4.27. The first-order valence-electron chi connectivity index (χ1n) is 10.8. The normalized spacial score (nSPS) is 11.5. The van der Waals surface area contributed by atoms with Crippen LogP contribution in [0.4, 0.5) is 11.6 Å². The van der Waals surface area contributed by atoms with E-state index in [2.05, 4.69) is 30.8 Å². The minimum Gasteiger partial charge on any atom is -0.360 e. The van der Waals surface area contributed by atoms with Crippen molar-refractivity contribution < 1.29 is 9.32 Å². The van der Waals surface area contributed by atoms with Gasteiger partial charge >= 0.3 is 0 Å². The lowest BCUT2D eigenvalue weighted by Crippen LogP contribution is -2.36. The van der Waals surface area contributed by atoms with Crippen LogP contribution in [0.25, 0.3) is 11.3 Å². The molecular formula is C25H21Cl3N6O2. The number of hydrogen-bond donors (Lipinski definition) is 2. The summed E-state index contributed by atoms with van der Waals surface area (Å²) in [6.45, 7) is 7.13. The molecule has 4 rings (SSSR count). The van der Waals surface area contributed by atoms with E-state index >= 15 is 0 Å². The van der Waals surface area contributed by atoms with Crippen molar-refractivity contribution in [1.29, 1.82) is 0 Å². The summed E-state index contributed by atoms with van der Waals surface area (Å²) in [7, 11) is 0. The van der Waals surface area contributed by atoms with Gasteiger partial charge in [-0.25, -0.2) is 9.97 Å². The highest BCUT2D eigenvalue weighted by atomic mass is 35.5. The Labute approximate surface area is 222 Å². The fraction of sp³-hybridized carbons (Fsp3) is 0.160. The van der Waals surface area contributed by atoms with Gasteiger partial charge in [-0.2, -0.15) is 4.99 Å². The van der Waals surface area contributed by atoms with Crippen LogP contribution in [-0.2, 0) is 0 Å². The summed E-state index contributed by atoms with van der Waals surface area (Å²) in [4.78, 5) is 26.7. The standard InChI is InChI=1S/C25H21Cl3N6O2/c1-12-11-13(2)30-24(29-12)33-25(31-19-10-6-7-16(26)14(19)3)32-23(35)20-15(4)36-34-22(20)21-17(27)8-5-9-18(21)28/h5-11H,1-4H3,(H2,29,30,31,32,33,35). The second-order valence-corrected chi connectivity index (χ2v) is 9.18. The van der Waals surface area contributed by atoms with Crippen LogP contribution in [0.15, 0.2) is 52.0 Å². The van der Waals surface area contributed by atoms with E-state index in [0.29, 0.717) is 26.3 Å². The Morgan fingerprint density at radius 2 is 1.53 bits per heavy atom. The Hall–Kier alpha value is -3.46. The molecule has 1 amide bonds. The summed E-state index contributed by atoms with van der Waals surface area (Å²) in [5.41, 5.74) is 3.63. The van der Waals surface area contributed by atoms with Gasteiger partial charge in [0, 0.05) is 27.7 Å². The van der Waals surface area contributed by atoms with Crippen molar-refractivity contribution in [3.63, 3.8) is 0 Å². The van der Waals surface area contributed by atoms with Crippen molar-refractivity contribution >= 4 is 58.3 Å². The van der Waals surface area contributed by atoms with Crippen LogP contribution in [0.5, 0.6) is 0 Å². The van der Waals surface area contributed by atoms with Crippen LogP contribution >= 0.6 is 34.8 Å². The predicted molar refractivity (Wildman–Crippen MR) is 143 cm³/mol. The Morgan fingerprint density at radius 1 is 0.917 bits per heavy atom. The first-order valence-corrected chi connectivity index (χ1v) is 11.9. The minimum atomic E-state index is -0.546. The molecule has 2 aromatic carbocycles. The van der Waals surface area contributed by atoms with Crippen molar-refractivity contribution in [2.75, 3.05) is 5.32 Å². The monoisotopic (exact) mass is 542 g/mol. The largest absolute Gasteiger partial charge is 0.360 e. The summed E-state index contributed by atoms with van der Waals surface area (Å²) < 4.78 is 5.34. The van der Waals surface area contributed by atoms with Gasteiger partial charge < -0.3 is 9.84 Å². The van der Waals surface area contributed by atoms with E-state index in [9.17, 15) is 4.79 Å². The number of rotatable bonds is 4. The Morgan fingerprint density at radius 3 is 2.19 bits per heavy atom. The highest BCUT2D eigenvalue weighted by Gasteiger charge is 2.26. The maximum absolute atomic E-state index is 13.5. The molecular weight excluding hydrogens is 523 g/mol. The highest BCUT2D eigenvalue weighted by molar-refractivity contribution is 6.39. The van der Waals surface area contributed by atoms with Crippen molar-refractivity contribution in [2.45, 2.75) is 27.7 Å². The Kier molecular flexibility index (Phi) is 7.59. The summed E-state index contributed by atoms with van der Waals surface area (Å²) in [6.07, 6.45) is 0. The molecule has 0 aliphatic carbocycles. The van der Waals surface area contributed by atoms with Crippen molar-refractivity contribution in [1.82, 2.24) is 20.4 Å².